The largest absolute Gasteiger partial charge is 0.494 e. The molecule has 0 fully saturated rings. The van der Waals surface area contributed by atoms with Gasteiger partial charge in [-0.2, -0.15) is 0 Å². The molecule has 0 aromatic heterocycles. The van der Waals surface area contributed by atoms with Crippen LogP contribution in [0.25, 0.3) is 0 Å². The highest BCUT2D eigenvalue weighted by Gasteiger charge is 2.15. The van der Waals surface area contributed by atoms with Crippen molar-refractivity contribution in [2.75, 3.05) is 61.3 Å². The Morgan fingerprint density at radius 2 is 1.13 bits per heavy atom. The number of carbonyl (C=O) groups is 2. The molecule has 3 aromatic rings. The van der Waals surface area contributed by atoms with E-state index in [1.54, 1.807) is 50.6 Å². The van der Waals surface area contributed by atoms with Gasteiger partial charge in [0.1, 0.15) is 5.75 Å². The van der Waals surface area contributed by atoms with Crippen LogP contribution in [-0.2, 0) is 15.9 Å². The van der Waals surface area contributed by atoms with Crippen LogP contribution in [0.15, 0.2) is 60.7 Å². The van der Waals surface area contributed by atoms with Gasteiger partial charge in [0.25, 0.3) is 0 Å². The van der Waals surface area contributed by atoms with E-state index in [9.17, 15) is 9.59 Å². The van der Waals surface area contributed by atoms with E-state index in [0.717, 1.165) is 44.5 Å². The van der Waals surface area contributed by atoms with Crippen molar-refractivity contribution < 1.29 is 42.7 Å². The van der Waals surface area contributed by atoms with E-state index in [0.29, 0.717) is 66.4 Å². The summed E-state index contributed by atoms with van der Waals surface area (Å²) in [5.74, 6) is 2.17. The Bertz CT molecular complexity index is 1390. The van der Waals surface area contributed by atoms with E-state index in [2.05, 4.69) is 30.9 Å². The Kier molecular flexibility index (Phi) is 15.7. The number of nitrogens with zero attached hydrogens (tertiary/aromatic N) is 1. The minimum Gasteiger partial charge on any atom is -0.494 e. The van der Waals surface area contributed by atoms with Crippen molar-refractivity contribution in [1.82, 2.24) is 4.90 Å². The molecule has 0 saturated heterocycles. The van der Waals surface area contributed by atoms with Crippen LogP contribution in [0.5, 0.6) is 28.7 Å². The minimum absolute atomic E-state index is 0.311. The van der Waals surface area contributed by atoms with Crippen molar-refractivity contribution in [2.45, 2.75) is 52.0 Å². The summed E-state index contributed by atoms with van der Waals surface area (Å²) in [5.41, 5.74) is 2.10. The van der Waals surface area contributed by atoms with Gasteiger partial charge in [0.05, 0.1) is 59.4 Å². The Hall–Kier alpha value is -4.44. The molecular formula is C37H49NO9. The second-order valence-corrected chi connectivity index (χ2v) is 11.0. The number of likely N-dealkylation sites (N-methyl/N-ethyl adjacent to an activating group) is 1. The van der Waals surface area contributed by atoms with E-state index in [-0.39, 0.29) is 5.97 Å². The molecule has 10 nitrogen and oxygen atoms in total. The second-order valence-electron chi connectivity index (χ2n) is 11.0. The quantitative estimate of drug-likeness (QED) is 0.0922. The van der Waals surface area contributed by atoms with Gasteiger partial charge in [-0.05, 0) is 106 Å². The SMILES string of the molecule is CCN(CCCCOC(=O)c1ccc(OC)c(OC)c1)C(C)Cc1ccc(OCCCCOC(=O)c2ccc(OC)c(OC)c2)cc1. The zero-order valence-corrected chi connectivity index (χ0v) is 28.5. The summed E-state index contributed by atoms with van der Waals surface area (Å²) >= 11 is 0. The molecule has 0 bridgehead atoms. The summed E-state index contributed by atoms with van der Waals surface area (Å²) in [7, 11) is 6.17. The molecule has 0 aliphatic heterocycles. The standard InChI is InChI=1S/C37H49NO9/c1-7-38(20-8-9-22-46-36(39)29-14-18-32(41-3)34(25-29)43-5)27(2)24-28-12-16-31(17-13-28)45-21-10-11-23-47-37(40)30-15-19-33(42-4)35(26-30)44-6/h12-19,25-27H,7-11,20-24H2,1-6H3. The maximum atomic E-state index is 12.4. The summed E-state index contributed by atoms with van der Waals surface area (Å²) in [6.45, 7) is 7.49. The lowest BCUT2D eigenvalue weighted by Crippen LogP contribution is -2.35. The summed E-state index contributed by atoms with van der Waals surface area (Å²) < 4.78 is 37.7. The number of benzene rings is 3. The first-order valence-corrected chi connectivity index (χ1v) is 16.1. The number of methoxy groups -OCH3 is 4. The van der Waals surface area contributed by atoms with E-state index >= 15 is 0 Å². The topological polar surface area (TPSA) is 102 Å². The van der Waals surface area contributed by atoms with Crippen LogP contribution in [0.2, 0.25) is 0 Å². The van der Waals surface area contributed by atoms with Crippen molar-refractivity contribution in [1.29, 1.82) is 0 Å². The lowest BCUT2D eigenvalue weighted by atomic mass is 10.1. The maximum Gasteiger partial charge on any atom is 0.338 e. The first kappa shape index (κ1) is 37.0. The molecule has 0 amide bonds. The second kappa shape index (κ2) is 19.9. The highest BCUT2D eigenvalue weighted by Crippen LogP contribution is 2.29. The molecule has 256 valence electrons. The Morgan fingerprint density at radius 3 is 1.62 bits per heavy atom. The fraction of sp³-hybridized carbons (Fsp3) is 0.459. The van der Waals surface area contributed by atoms with Gasteiger partial charge in [0.15, 0.2) is 23.0 Å². The number of hydrogen-bond acceptors (Lipinski definition) is 10. The molecule has 0 aliphatic carbocycles. The van der Waals surface area contributed by atoms with Gasteiger partial charge in [-0.15, -0.1) is 0 Å². The van der Waals surface area contributed by atoms with Gasteiger partial charge in [-0.3, -0.25) is 0 Å². The molecule has 0 N–H and O–H groups in total. The third kappa shape index (κ3) is 11.7. The summed E-state index contributed by atoms with van der Waals surface area (Å²) in [4.78, 5) is 27.2. The molecule has 1 atom stereocenters. The van der Waals surface area contributed by atoms with Crippen LogP contribution < -0.4 is 23.7 Å². The molecule has 0 aliphatic rings. The molecule has 0 radical (unpaired) electrons. The van der Waals surface area contributed by atoms with Gasteiger partial charge in [0, 0.05) is 6.04 Å². The monoisotopic (exact) mass is 651 g/mol. The summed E-state index contributed by atoms with van der Waals surface area (Å²) in [6, 6.07) is 18.5. The fourth-order valence-electron chi connectivity index (χ4n) is 5.12. The number of rotatable bonds is 21. The first-order chi connectivity index (χ1) is 22.8. The lowest BCUT2D eigenvalue weighted by Gasteiger charge is -2.28. The number of hydrogen-bond donors (Lipinski definition) is 0. The Balaban J connectivity index is 1.30. The van der Waals surface area contributed by atoms with Crippen molar-refractivity contribution in [2.24, 2.45) is 0 Å². The van der Waals surface area contributed by atoms with Gasteiger partial charge >= 0.3 is 11.9 Å². The number of ether oxygens (including phenoxy) is 7. The third-order valence-corrected chi connectivity index (χ3v) is 7.84. The molecule has 0 spiro atoms. The molecule has 3 rings (SSSR count). The van der Waals surface area contributed by atoms with Crippen LogP contribution in [0, 0.1) is 0 Å². The zero-order valence-electron chi connectivity index (χ0n) is 28.5. The lowest BCUT2D eigenvalue weighted by molar-refractivity contribution is 0.0484. The number of unbranched alkanes of at least 4 members (excludes halogenated alkanes) is 2. The van der Waals surface area contributed by atoms with Crippen LogP contribution in [0.1, 0.15) is 65.8 Å². The van der Waals surface area contributed by atoms with Crippen molar-refractivity contribution in [3.05, 3.63) is 77.4 Å². The maximum absolute atomic E-state index is 12.4. The van der Waals surface area contributed by atoms with Crippen LogP contribution in [0.4, 0.5) is 0 Å². The molecule has 10 heteroatoms. The smallest absolute Gasteiger partial charge is 0.338 e. The molecule has 0 heterocycles. The molecular weight excluding hydrogens is 602 g/mol. The van der Waals surface area contributed by atoms with Crippen molar-refractivity contribution in [3.8, 4) is 28.7 Å². The molecule has 3 aromatic carbocycles. The van der Waals surface area contributed by atoms with Crippen LogP contribution >= 0.6 is 0 Å². The average molecular weight is 652 g/mol. The van der Waals surface area contributed by atoms with E-state index < -0.39 is 5.97 Å². The summed E-state index contributed by atoms with van der Waals surface area (Å²) in [5, 5.41) is 0. The molecule has 1 unspecified atom stereocenters. The van der Waals surface area contributed by atoms with Gasteiger partial charge < -0.3 is 38.1 Å². The number of carbonyl (C=O) groups excluding carboxylic acids is 2. The minimum atomic E-state index is -0.397. The van der Waals surface area contributed by atoms with Crippen LogP contribution in [0.3, 0.4) is 0 Å². The molecule has 0 saturated carbocycles. The van der Waals surface area contributed by atoms with E-state index in [4.69, 9.17) is 33.2 Å². The van der Waals surface area contributed by atoms with Gasteiger partial charge in [-0.1, -0.05) is 19.1 Å². The highest BCUT2D eigenvalue weighted by molar-refractivity contribution is 5.90. The Labute approximate surface area is 278 Å². The van der Waals surface area contributed by atoms with Gasteiger partial charge in [-0.25, -0.2) is 9.59 Å². The normalized spacial score (nSPS) is 11.5. The average Bonchev–Trinajstić information content (AvgIpc) is 3.10. The van der Waals surface area contributed by atoms with Gasteiger partial charge in [0.2, 0.25) is 0 Å². The number of esters is 2. The van der Waals surface area contributed by atoms with Crippen molar-refractivity contribution in [3.63, 3.8) is 0 Å². The predicted molar refractivity (Wildman–Crippen MR) is 180 cm³/mol. The predicted octanol–water partition coefficient (Wildman–Crippen LogP) is 6.63. The fourth-order valence-corrected chi connectivity index (χ4v) is 5.12. The zero-order chi connectivity index (χ0) is 34.0. The summed E-state index contributed by atoms with van der Waals surface area (Å²) in [6.07, 6.45) is 4.10. The first-order valence-electron chi connectivity index (χ1n) is 16.1. The van der Waals surface area contributed by atoms with Crippen molar-refractivity contribution >= 4 is 11.9 Å². The highest BCUT2D eigenvalue weighted by atomic mass is 16.5. The molecule has 47 heavy (non-hydrogen) atoms. The Morgan fingerprint density at radius 1 is 0.638 bits per heavy atom. The van der Waals surface area contributed by atoms with E-state index in [1.807, 2.05) is 12.1 Å². The third-order valence-electron chi connectivity index (χ3n) is 7.84. The van der Waals surface area contributed by atoms with E-state index in [1.165, 1.54) is 19.8 Å². The van der Waals surface area contributed by atoms with Crippen LogP contribution in [-0.4, -0.2) is 84.2 Å².